The van der Waals surface area contributed by atoms with Gasteiger partial charge in [0.05, 0.1) is 0 Å². The summed E-state index contributed by atoms with van der Waals surface area (Å²) < 4.78 is 13.9. The summed E-state index contributed by atoms with van der Waals surface area (Å²) in [6.07, 6.45) is 3.61. The first-order valence-electron chi connectivity index (χ1n) is 4.70. The maximum Gasteiger partial charge on any atom is 0.114 e. The maximum absolute atomic E-state index is 12.9. The van der Waals surface area contributed by atoms with Crippen molar-refractivity contribution in [1.29, 1.82) is 0 Å². The minimum atomic E-state index is -0.643. The molecule has 2 rings (SSSR count). The van der Waals surface area contributed by atoms with E-state index in [4.69, 9.17) is 0 Å². The van der Waals surface area contributed by atoms with Crippen LogP contribution in [0, 0.1) is 0 Å². The summed E-state index contributed by atoms with van der Waals surface area (Å²) in [5, 5.41) is 0. The van der Waals surface area contributed by atoms with Gasteiger partial charge in [0.1, 0.15) is 6.17 Å². The van der Waals surface area contributed by atoms with E-state index in [0.717, 1.165) is 23.1 Å². The van der Waals surface area contributed by atoms with Gasteiger partial charge in [-0.05, 0) is 34.0 Å². The highest BCUT2D eigenvalue weighted by Crippen LogP contribution is 2.17. The summed E-state index contributed by atoms with van der Waals surface area (Å²) in [5.41, 5.74) is 1.13. The van der Waals surface area contributed by atoms with Crippen molar-refractivity contribution < 1.29 is 4.39 Å². The molecule has 1 saturated heterocycles. The van der Waals surface area contributed by atoms with Gasteiger partial charge < -0.3 is 0 Å². The van der Waals surface area contributed by atoms with E-state index in [0.29, 0.717) is 13.0 Å². The summed E-state index contributed by atoms with van der Waals surface area (Å²) in [4.78, 5) is 6.20. The highest BCUT2D eigenvalue weighted by Gasteiger charge is 2.21. The van der Waals surface area contributed by atoms with E-state index in [1.54, 1.807) is 6.20 Å². The third-order valence-electron chi connectivity index (χ3n) is 2.38. The number of rotatable bonds is 2. The normalized spacial score (nSPS) is 22.9. The molecule has 0 aliphatic carbocycles. The first-order valence-corrected chi connectivity index (χ1v) is 5.49. The predicted molar refractivity (Wildman–Crippen MR) is 56.7 cm³/mol. The second kappa shape index (κ2) is 4.36. The Balaban J connectivity index is 1.97. The molecule has 1 unspecified atom stereocenters. The van der Waals surface area contributed by atoms with Gasteiger partial charge in [0.25, 0.3) is 0 Å². The summed E-state index contributed by atoms with van der Waals surface area (Å²) in [5.74, 6) is 0. The van der Waals surface area contributed by atoms with E-state index in [9.17, 15) is 4.39 Å². The lowest BCUT2D eigenvalue weighted by Gasteiger charge is -2.13. The van der Waals surface area contributed by atoms with Gasteiger partial charge in [-0.15, -0.1) is 0 Å². The average Bonchev–Trinajstić information content (AvgIpc) is 2.51. The lowest BCUT2D eigenvalue weighted by molar-refractivity contribution is 0.282. The molecule has 0 bridgehead atoms. The summed E-state index contributed by atoms with van der Waals surface area (Å²) >= 11 is 3.37. The van der Waals surface area contributed by atoms with Crippen LogP contribution in [0.25, 0.3) is 0 Å². The number of hydrogen-bond donors (Lipinski definition) is 0. The molecule has 1 aromatic rings. The van der Waals surface area contributed by atoms with Gasteiger partial charge in [-0.3, -0.25) is 9.88 Å². The summed E-state index contributed by atoms with van der Waals surface area (Å²) in [7, 11) is 0. The number of likely N-dealkylation sites (tertiary alicyclic amines) is 1. The van der Waals surface area contributed by atoms with Crippen LogP contribution in [0.15, 0.2) is 22.9 Å². The zero-order valence-electron chi connectivity index (χ0n) is 7.79. The van der Waals surface area contributed by atoms with Gasteiger partial charge in [0, 0.05) is 36.5 Å². The van der Waals surface area contributed by atoms with Crippen molar-refractivity contribution in [2.75, 3.05) is 13.1 Å². The number of alkyl halides is 1. The van der Waals surface area contributed by atoms with Crippen molar-refractivity contribution >= 4 is 15.9 Å². The Morgan fingerprint density at radius 3 is 3.07 bits per heavy atom. The van der Waals surface area contributed by atoms with E-state index >= 15 is 0 Å². The smallest absolute Gasteiger partial charge is 0.114 e. The molecular weight excluding hydrogens is 247 g/mol. The van der Waals surface area contributed by atoms with Gasteiger partial charge in [0.15, 0.2) is 0 Å². The monoisotopic (exact) mass is 258 g/mol. The predicted octanol–water partition coefficient (Wildman–Crippen LogP) is 2.39. The quantitative estimate of drug-likeness (QED) is 0.810. The molecule has 0 N–H and O–H groups in total. The van der Waals surface area contributed by atoms with E-state index in [-0.39, 0.29) is 0 Å². The molecule has 0 radical (unpaired) electrons. The second-order valence-electron chi connectivity index (χ2n) is 3.63. The van der Waals surface area contributed by atoms with E-state index in [1.165, 1.54) is 0 Å². The van der Waals surface area contributed by atoms with Crippen LogP contribution in [0.3, 0.4) is 0 Å². The Morgan fingerprint density at radius 2 is 2.43 bits per heavy atom. The van der Waals surface area contributed by atoms with Crippen molar-refractivity contribution in [2.45, 2.75) is 19.1 Å². The van der Waals surface area contributed by atoms with E-state index < -0.39 is 6.17 Å². The van der Waals surface area contributed by atoms with Gasteiger partial charge in [-0.25, -0.2) is 4.39 Å². The van der Waals surface area contributed by atoms with E-state index in [2.05, 4.69) is 25.8 Å². The van der Waals surface area contributed by atoms with Crippen LogP contribution >= 0.6 is 15.9 Å². The molecule has 1 aliphatic rings. The Bertz CT molecular complexity index is 319. The first-order chi connectivity index (χ1) is 6.74. The minimum Gasteiger partial charge on any atom is -0.296 e. The van der Waals surface area contributed by atoms with Crippen molar-refractivity contribution in [3.05, 3.63) is 28.5 Å². The molecule has 14 heavy (non-hydrogen) atoms. The third-order valence-corrected chi connectivity index (χ3v) is 2.82. The second-order valence-corrected chi connectivity index (χ2v) is 4.55. The Morgan fingerprint density at radius 1 is 1.57 bits per heavy atom. The number of pyridine rings is 1. The molecule has 2 heterocycles. The van der Waals surface area contributed by atoms with Crippen LogP contribution in [-0.2, 0) is 6.54 Å². The third kappa shape index (κ3) is 2.51. The Hall–Kier alpha value is -0.480. The fourth-order valence-electron chi connectivity index (χ4n) is 1.73. The molecule has 0 saturated carbocycles. The van der Waals surface area contributed by atoms with Crippen molar-refractivity contribution in [2.24, 2.45) is 0 Å². The molecule has 1 fully saturated rings. The molecule has 1 aliphatic heterocycles. The van der Waals surface area contributed by atoms with Crippen molar-refractivity contribution in [1.82, 2.24) is 9.88 Å². The summed E-state index contributed by atoms with van der Waals surface area (Å²) in [6, 6.07) is 2.03. The van der Waals surface area contributed by atoms with Gasteiger partial charge in [-0.2, -0.15) is 0 Å². The van der Waals surface area contributed by atoms with Crippen LogP contribution in [0.1, 0.15) is 12.0 Å². The van der Waals surface area contributed by atoms with Gasteiger partial charge in [-0.1, -0.05) is 0 Å². The van der Waals surface area contributed by atoms with Crippen LogP contribution in [0.4, 0.5) is 4.39 Å². The molecule has 4 heteroatoms. The highest BCUT2D eigenvalue weighted by molar-refractivity contribution is 9.10. The fraction of sp³-hybridized carbons (Fsp3) is 0.500. The lowest BCUT2D eigenvalue weighted by Crippen LogP contribution is -2.20. The molecule has 1 atom stereocenters. The van der Waals surface area contributed by atoms with Crippen LogP contribution < -0.4 is 0 Å². The molecule has 76 valence electrons. The zero-order valence-corrected chi connectivity index (χ0v) is 9.37. The topological polar surface area (TPSA) is 16.1 Å². The van der Waals surface area contributed by atoms with Crippen LogP contribution in [0.2, 0.25) is 0 Å². The highest BCUT2D eigenvalue weighted by atomic mass is 79.9. The number of nitrogens with zero attached hydrogens (tertiary/aromatic N) is 2. The fourth-order valence-corrected chi connectivity index (χ4v) is 2.14. The standard InChI is InChI=1S/C10H12BrFN2/c11-9-3-8(4-13-5-9)6-14-2-1-10(12)7-14/h3-5,10H,1-2,6-7H2. The molecular formula is C10H12BrFN2. The SMILES string of the molecule is FC1CCN(Cc2cncc(Br)c2)C1. The van der Waals surface area contributed by atoms with Crippen molar-refractivity contribution in [3.63, 3.8) is 0 Å². The molecule has 0 amide bonds. The van der Waals surface area contributed by atoms with Crippen LogP contribution in [-0.4, -0.2) is 29.1 Å². The first kappa shape index (κ1) is 10.1. The molecule has 1 aromatic heterocycles. The largest absolute Gasteiger partial charge is 0.296 e. The lowest BCUT2D eigenvalue weighted by atomic mass is 10.3. The number of aromatic nitrogens is 1. The van der Waals surface area contributed by atoms with Gasteiger partial charge >= 0.3 is 0 Å². The van der Waals surface area contributed by atoms with Gasteiger partial charge in [0.2, 0.25) is 0 Å². The number of hydrogen-bond acceptors (Lipinski definition) is 2. The Labute approximate surface area is 91.3 Å². The van der Waals surface area contributed by atoms with E-state index in [1.807, 2.05) is 12.3 Å². The summed E-state index contributed by atoms with van der Waals surface area (Å²) in [6.45, 7) is 2.22. The average molecular weight is 259 g/mol. The van der Waals surface area contributed by atoms with Crippen LogP contribution in [0.5, 0.6) is 0 Å². The van der Waals surface area contributed by atoms with Crippen molar-refractivity contribution in [3.8, 4) is 0 Å². The zero-order chi connectivity index (χ0) is 9.97. The Kier molecular flexibility index (Phi) is 3.13. The molecule has 2 nitrogen and oxygen atoms in total. The maximum atomic E-state index is 12.9. The molecule has 0 aromatic carbocycles. The minimum absolute atomic E-state index is 0.562. The molecule has 0 spiro atoms. The number of halogens is 2.